The standard InChI is InChI=1S/C53H63N5O9/c59-45-22-20-43(44-21-23-48(61)55-50(44)45)46(60)33-54-26-8-27-58(51(62)39-12-5-2-6-13-39)28-9-31-65-52(63)40-18-16-36(17-19-40)35-66-42-15-7-14-41(32-42)49(38-10-3-1-4-11-38)56-53(64)67-47-34-57-29-24-37(47)25-30-57/h1,3-4,7,10-11,14-23,32,37,39,46-47,49,54,59-60H,2,5-6,8-9,12-13,24-31,33-35H2,(H,55,61)(H,56,64)/t46-,47-,49-/m0/s1. The fourth-order valence-electron chi connectivity index (χ4n) is 9.76. The number of esters is 1. The molecule has 3 atom stereocenters. The molecule has 2 bridgehead atoms. The number of aromatic nitrogens is 1. The third-order valence-electron chi connectivity index (χ3n) is 13.5. The monoisotopic (exact) mass is 913 g/mol. The number of hydrogen-bond acceptors (Lipinski definition) is 11. The molecule has 1 aliphatic carbocycles. The minimum atomic E-state index is -0.877. The number of phenolic OH excluding ortho intramolecular Hbond substituents is 1. The number of nitrogens with zero attached hydrogens (tertiary/aromatic N) is 2. The van der Waals surface area contributed by atoms with E-state index in [1.807, 2.05) is 71.6 Å². The van der Waals surface area contributed by atoms with E-state index in [4.69, 9.17) is 14.2 Å². The molecule has 2 amide bonds. The number of H-pyrrole nitrogens is 1. The van der Waals surface area contributed by atoms with Crippen molar-refractivity contribution in [1.29, 1.82) is 0 Å². The lowest BCUT2D eigenvalue weighted by molar-refractivity contribution is -0.136. The zero-order chi connectivity index (χ0) is 46.5. The maximum atomic E-state index is 13.7. The van der Waals surface area contributed by atoms with Gasteiger partial charge in [0.25, 0.3) is 0 Å². The minimum Gasteiger partial charge on any atom is -0.506 e. The van der Waals surface area contributed by atoms with Crippen LogP contribution in [0.25, 0.3) is 10.9 Å². The van der Waals surface area contributed by atoms with Crippen molar-refractivity contribution >= 4 is 28.9 Å². The molecule has 14 nitrogen and oxygen atoms in total. The SMILES string of the molecule is O=C(N[C@@H](c1ccccc1)c1cccc(OCc2ccc(C(=O)OCCCN(CCCNC[C@H](O)c3ccc(O)c4[nH]c(=O)ccc34)C(=O)C3CCCCC3)cc2)c1)O[C@H]1CN2CCC1CC2. The summed E-state index contributed by atoms with van der Waals surface area (Å²) in [5.41, 5.74) is 3.62. The fraction of sp³-hybridized carbons (Fsp3) is 0.434. The van der Waals surface area contributed by atoms with Gasteiger partial charge in [0.05, 0.1) is 29.8 Å². The Hall–Kier alpha value is -6.22. The van der Waals surface area contributed by atoms with Gasteiger partial charge in [-0.3, -0.25) is 14.5 Å². The number of carbonyl (C=O) groups excluding carboxylic acids is 3. The van der Waals surface area contributed by atoms with Crippen LogP contribution in [0.5, 0.6) is 11.5 Å². The van der Waals surface area contributed by atoms with E-state index in [-0.39, 0.29) is 54.5 Å². The molecule has 4 heterocycles. The zero-order valence-corrected chi connectivity index (χ0v) is 38.1. The second-order valence-electron chi connectivity index (χ2n) is 18.1. The van der Waals surface area contributed by atoms with Crippen molar-refractivity contribution in [2.75, 3.05) is 52.4 Å². The smallest absolute Gasteiger partial charge is 0.408 e. The van der Waals surface area contributed by atoms with E-state index in [1.165, 1.54) is 12.1 Å². The highest BCUT2D eigenvalue weighted by Gasteiger charge is 2.37. The number of ether oxygens (including phenoxy) is 3. The molecule has 4 aliphatic rings. The lowest BCUT2D eigenvalue weighted by Crippen LogP contribution is -2.52. The summed E-state index contributed by atoms with van der Waals surface area (Å²) in [7, 11) is 0. The maximum absolute atomic E-state index is 13.7. The Bertz CT molecular complexity index is 2480. The Morgan fingerprint density at radius 1 is 0.836 bits per heavy atom. The molecule has 14 heteroatoms. The van der Waals surface area contributed by atoms with E-state index in [0.717, 1.165) is 81.3 Å². The van der Waals surface area contributed by atoms with Gasteiger partial charge in [0.1, 0.15) is 24.2 Å². The summed E-state index contributed by atoms with van der Waals surface area (Å²) in [6.07, 6.45) is 6.90. The molecule has 1 aromatic heterocycles. The predicted octanol–water partition coefficient (Wildman–Crippen LogP) is 7.39. The number of piperidine rings is 3. The van der Waals surface area contributed by atoms with E-state index in [2.05, 4.69) is 20.5 Å². The van der Waals surface area contributed by atoms with Gasteiger partial charge in [-0.1, -0.05) is 79.9 Å². The van der Waals surface area contributed by atoms with Crippen LogP contribution in [0.2, 0.25) is 0 Å². The third-order valence-corrected chi connectivity index (χ3v) is 13.5. The second-order valence-corrected chi connectivity index (χ2v) is 18.1. The van der Waals surface area contributed by atoms with E-state index in [9.17, 15) is 29.4 Å². The van der Waals surface area contributed by atoms with Gasteiger partial charge in [0, 0.05) is 43.5 Å². The maximum Gasteiger partial charge on any atom is 0.408 e. The van der Waals surface area contributed by atoms with Gasteiger partial charge >= 0.3 is 12.1 Å². The summed E-state index contributed by atoms with van der Waals surface area (Å²) in [6.45, 7) is 5.17. The zero-order valence-electron chi connectivity index (χ0n) is 38.1. The molecule has 0 unspecified atom stereocenters. The molecular weight excluding hydrogens is 851 g/mol. The van der Waals surface area contributed by atoms with Crippen LogP contribution in [0.3, 0.4) is 0 Å². The van der Waals surface area contributed by atoms with E-state index in [0.29, 0.717) is 60.7 Å². The molecule has 354 valence electrons. The number of benzene rings is 4. The van der Waals surface area contributed by atoms with Crippen LogP contribution < -0.4 is 20.9 Å². The van der Waals surface area contributed by atoms with Gasteiger partial charge in [-0.05, 0) is 123 Å². The number of aromatic hydroxyl groups is 1. The molecule has 9 rings (SSSR count). The number of alkyl carbamates (subject to hydrolysis) is 1. The van der Waals surface area contributed by atoms with Gasteiger partial charge < -0.3 is 44.9 Å². The first-order valence-electron chi connectivity index (χ1n) is 23.9. The lowest BCUT2D eigenvalue weighted by atomic mass is 9.86. The third kappa shape index (κ3) is 12.6. The highest BCUT2D eigenvalue weighted by atomic mass is 16.6. The first-order valence-corrected chi connectivity index (χ1v) is 23.9. The van der Waals surface area contributed by atoms with Crippen LogP contribution >= 0.6 is 0 Å². The number of pyridine rings is 1. The summed E-state index contributed by atoms with van der Waals surface area (Å²) in [4.78, 5) is 58.7. The number of aliphatic hydroxyl groups is 1. The Balaban J connectivity index is 0.790. The molecule has 0 spiro atoms. The summed E-state index contributed by atoms with van der Waals surface area (Å²) >= 11 is 0. The second kappa shape index (κ2) is 23.0. The molecule has 5 aromatic rings. The van der Waals surface area contributed by atoms with Crippen molar-refractivity contribution in [3.8, 4) is 11.5 Å². The number of nitrogens with one attached hydrogen (secondary N) is 3. The lowest BCUT2D eigenvalue weighted by Gasteiger charge is -2.43. The summed E-state index contributed by atoms with van der Waals surface area (Å²) in [5.74, 6) is 0.700. The molecule has 1 saturated carbocycles. The van der Waals surface area contributed by atoms with Crippen LogP contribution in [-0.2, 0) is 20.9 Å². The molecule has 5 N–H and O–H groups in total. The first kappa shape index (κ1) is 47.3. The van der Waals surface area contributed by atoms with Gasteiger partial charge in [-0.2, -0.15) is 0 Å². The molecular formula is C53H63N5O9. The van der Waals surface area contributed by atoms with Gasteiger partial charge in [-0.25, -0.2) is 9.59 Å². The Morgan fingerprint density at radius 2 is 1.60 bits per heavy atom. The Kier molecular flexibility index (Phi) is 16.2. The van der Waals surface area contributed by atoms with Crippen molar-refractivity contribution < 1.29 is 38.8 Å². The largest absolute Gasteiger partial charge is 0.506 e. The molecule has 3 saturated heterocycles. The van der Waals surface area contributed by atoms with Crippen molar-refractivity contribution in [3.63, 3.8) is 0 Å². The van der Waals surface area contributed by atoms with E-state index < -0.39 is 24.2 Å². The average molecular weight is 914 g/mol. The number of fused-ring (bicyclic) bond motifs is 4. The molecule has 4 aromatic carbocycles. The highest BCUT2D eigenvalue weighted by molar-refractivity contribution is 5.89. The number of phenols is 1. The number of rotatable bonds is 20. The minimum absolute atomic E-state index is 0.00483. The number of carbonyl (C=O) groups is 3. The molecule has 3 aliphatic heterocycles. The topological polar surface area (TPSA) is 183 Å². The number of aromatic amines is 1. The Labute approximate surface area is 391 Å². The quantitative estimate of drug-likeness (QED) is 0.0388. The first-order chi connectivity index (χ1) is 32.7. The van der Waals surface area contributed by atoms with Crippen LogP contribution in [0.1, 0.15) is 103 Å². The normalized spacial score (nSPS) is 19.0. The van der Waals surface area contributed by atoms with E-state index in [1.54, 1.807) is 24.3 Å². The number of amides is 2. The van der Waals surface area contributed by atoms with Crippen LogP contribution in [-0.4, -0.2) is 101 Å². The highest BCUT2D eigenvalue weighted by Crippen LogP contribution is 2.32. The van der Waals surface area contributed by atoms with Crippen LogP contribution in [0, 0.1) is 11.8 Å². The fourth-order valence-corrected chi connectivity index (χ4v) is 9.76. The van der Waals surface area contributed by atoms with Crippen molar-refractivity contribution in [1.82, 2.24) is 25.4 Å². The van der Waals surface area contributed by atoms with E-state index >= 15 is 0 Å². The van der Waals surface area contributed by atoms with Gasteiger partial charge in [-0.15, -0.1) is 0 Å². The van der Waals surface area contributed by atoms with Crippen molar-refractivity contribution in [3.05, 3.63) is 141 Å². The summed E-state index contributed by atoms with van der Waals surface area (Å²) in [5, 5.41) is 28.1. The Morgan fingerprint density at radius 3 is 2.36 bits per heavy atom. The molecule has 0 radical (unpaired) electrons. The van der Waals surface area contributed by atoms with Crippen LogP contribution in [0.15, 0.2) is 108 Å². The van der Waals surface area contributed by atoms with Crippen LogP contribution in [0.4, 0.5) is 4.79 Å². The molecule has 67 heavy (non-hydrogen) atoms. The average Bonchev–Trinajstić information content (AvgIpc) is 3.36. The summed E-state index contributed by atoms with van der Waals surface area (Å²) < 4.78 is 17.8. The molecule has 4 fully saturated rings. The van der Waals surface area contributed by atoms with Gasteiger partial charge in [0.2, 0.25) is 11.5 Å². The number of hydrogen-bond donors (Lipinski definition) is 5. The number of aliphatic hydroxyl groups excluding tert-OH is 1. The van der Waals surface area contributed by atoms with Crippen molar-refractivity contribution in [2.24, 2.45) is 11.8 Å². The summed E-state index contributed by atoms with van der Waals surface area (Å²) in [6, 6.07) is 30.3. The van der Waals surface area contributed by atoms with Crippen molar-refractivity contribution in [2.45, 2.75) is 82.6 Å². The predicted molar refractivity (Wildman–Crippen MR) is 255 cm³/mol. The van der Waals surface area contributed by atoms with Gasteiger partial charge in [0.15, 0.2) is 0 Å².